The van der Waals surface area contributed by atoms with Crippen LogP contribution < -0.4 is 0 Å². The lowest BCUT2D eigenvalue weighted by Crippen LogP contribution is -2.07. The molecule has 0 aliphatic carbocycles. The lowest BCUT2D eigenvalue weighted by atomic mass is 10.1. The highest BCUT2D eigenvalue weighted by Gasteiger charge is 2.23. The first kappa shape index (κ1) is 23.3. The smallest absolute Gasteiger partial charge is 0.238 e. The highest BCUT2D eigenvalue weighted by Crippen LogP contribution is 2.42. The van der Waals surface area contributed by atoms with Gasteiger partial charge in [0, 0.05) is 49.5 Å². The van der Waals surface area contributed by atoms with E-state index in [4.69, 9.17) is 26.2 Å². The van der Waals surface area contributed by atoms with E-state index in [9.17, 15) is 0 Å². The molecule has 6 nitrogen and oxygen atoms in total. The van der Waals surface area contributed by atoms with Crippen LogP contribution in [0.15, 0.2) is 168 Å². The molecule has 0 saturated carbocycles. The molecule has 4 aromatic heterocycles. The quantitative estimate of drug-likeness (QED) is 0.189. The lowest BCUT2D eigenvalue weighted by molar-refractivity contribution is 0.668. The molecule has 0 N–H and O–H groups in total. The number of fused-ring (bicyclic) bond motifs is 10. The van der Waals surface area contributed by atoms with Crippen molar-refractivity contribution in [2.24, 2.45) is 0 Å². The first-order chi connectivity index (χ1) is 27.4. The zero-order chi connectivity index (χ0) is 37.8. The summed E-state index contributed by atoms with van der Waals surface area (Å²) >= 11 is 0. The van der Waals surface area contributed by atoms with Crippen molar-refractivity contribution in [3.05, 3.63) is 164 Å². The van der Waals surface area contributed by atoms with E-state index in [2.05, 4.69) is 59.2 Å². The van der Waals surface area contributed by atoms with Gasteiger partial charge in [0.05, 0.1) is 34.6 Å². The van der Waals surface area contributed by atoms with Gasteiger partial charge in [-0.2, -0.15) is 9.97 Å². The van der Waals surface area contributed by atoms with Crippen LogP contribution in [-0.4, -0.2) is 24.1 Å². The van der Waals surface area contributed by atoms with E-state index in [0.717, 1.165) is 71.2 Å². The van der Waals surface area contributed by atoms with Gasteiger partial charge in [-0.15, -0.1) is 0 Å². The van der Waals surface area contributed by atoms with Crippen molar-refractivity contribution >= 4 is 65.6 Å². The number of hydrogen-bond acceptors (Lipinski definition) is 4. The van der Waals surface area contributed by atoms with Gasteiger partial charge in [-0.1, -0.05) is 127 Å². The second-order valence-electron chi connectivity index (χ2n) is 12.5. The van der Waals surface area contributed by atoms with Crippen LogP contribution in [0.4, 0.5) is 0 Å². The molecule has 7 aromatic carbocycles. The summed E-state index contributed by atoms with van der Waals surface area (Å²) in [6.45, 7) is 0. The number of para-hydroxylation sites is 3. The van der Waals surface area contributed by atoms with Crippen molar-refractivity contribution in [1.29, 1.82) is 0 Å². The molecule has 0 aliphatic rings. The van der Waals surface area contributed by atoms with Gasteiger partial charge in [-0.05, 0) is 30.3 Å². The van der Waals surface area contributed by atoms with Crippen LogP contribution in [0, 0.1) is 0 Å². The van der Waals surface area contributed by atoms with Crippen LogP contribution >= 0.6 is 0 Å². The molecule has 4 heterocycles. The summed E-state index contributed by atoms with van der Waals surface area (Å²) in [4.78, 5) is 14.8. The Labute approximate surface area is 298 Å². The van der Waals surface area contributed by atoms with Crippen LogP contribution in [0.2, 0.25) is 0 Å². The molecule has 0 fully saturated rings. The minimum Gasteiger partial charge on any atom is -0.456 e. The van der Waals surface area contributed by atoms with Crippen LogP contribution in [0.5, 0.6) is 0 Å². The number of furan rings is 1. The normalized spacial score (nSPS) is 13.3. The summed E-state index contributed by atoms with van der Waals surface area (Å²) in [7, 11) is 0. The van der Waals surface area contributed by atoms with E-state index in [0.29, 0.717) is 11.4 Å². The Morgan fingerprint density at radius 2 is 1.02 bits per heavy atom. The zero-order valence-electron chi connectivity index (χ0n) is 31.8. The Balaban J connectivity index is 1.29. The summed E-state index contributed by atoms with van der Waals surface area (Å²) in [5.74, 6) is 0.509. The highest BCUT2D eigenvalue weighted by atomic mass is 16.3. The number of aromatic nitrogens is 5. The third-order valence-corrected chi connectivity index (χ3v) is 9.67. The van der Waals surface area contributed by atoms with E-state index < -0.39 is 30.2 Å². The molecule has 11 aromatic rings. The predicted octanol–water partition coefficient (Wildman–Crippen LogP) is 11.3. The molecule has 0 bridgehead atoms. The molecule has 0 spiro atoms. The lowest BCUT2D eigenvalue weighted by Gasteiger charge is -2.13. The fraction of sp³-hybridized carbons (Fsp3) is 0. The fourth-order valence-corrected chi connectivity index (χ4v) is 7.48. The number of rotatable bonds is 4. The molecule has 0 radical (unpaired) electrons. The Kier molecular flexibility index (Phi) is 4.91. The standard InChI is InChI=1S/C45H27N5O/c1-3-13-28(14-4-1)43-46-44(29-15-5-2-6-16-29)48-45(47-43)50-38-21-11-8-18-32(38)36-26-25-35-31-17-7-10-20-37(31)49(41(35)42(36)50)30-23-24-34-33-19-9-12-22-39(33)51-40(34)27-30/h1-27H/i1D,3D,4D,13D,14D. The molecule has 51 heavy (non-hydrogen) atoms. The van der Waals surface area contributed by atoms with Gasteiger partial charge in [-0.3, -0.25) is 4.57 Å². The van der Waals surface area contributed by atoms with Crippen molar-refractivity contribution in [3.8, 4) is 34.4 Å². The van der Waals surface area contributed by atoms with Crippen molar-refractivity contribution in [2.45, 2.75) is 0 Å². The molecule has 0 aliphatic heterocycles. The topological polar surface area (TPSA) is 61.7 Å². The van der Waals surface area contributed by atoms with Crippen molar-refractivity contribution < 1.29 is 11.3 Å². The van der Waals surface area contributed by atoms with Gasteiger partial charge in [-0.25, -0.2) is 4.98 Å². The van der Waals surface area contributed by atoms with Crippen LogP contribution in [0.3, 0.4) is 0 Å². The van der Waals surface area contributed by atoms with Crippen molar-refractivity contribution in [2.75, 3.05) is 0 Å². The molecule has 0 unspecified atom stereocenters. The summed E-state index contributed by atoms with van der Waals surface area (Å²) in [6, 6.07) is 42.2. The van der Waals surface area contributed by atoms with Gasteiger partial charge < -0.3 is 8.98 Å². The summed E-state index contributed by atoms with van der Waals surface area (Å²) in [5.41, 5.74) is 6.68. The highest BCUT2D eigenvalue weighted by molar-refractivity contribution is 6.23. The molecule has 238 valence electrons. The average Bonchev–Trinajstić information content (AvgIpc) is 3.90. The second-order valence-corrected chi connectivity index (χ2v) is 12.5. The third kappa shape index (κ3) is 4.14. The van der Waals surface area contributed by atoms with Gasteiger partial charge in [0.25, 0.3) is 0 Å². The Morgan fingerprint density at radius 1 is 0.451 bits per heavy atom. The zero-order valence-corrected chi connectivity index (χ0v) is 26.8. The minimum atomic E-state index is -0.486. The molecular weight excluding hydrogens is 627 g/mol. The minimum absolute atomic E-state index is 0.0279. The van der Waals surface area contributed by atoms with E-state index in [1.807, 2.05) is 83.4 Å². The third-order valence-electron chi connectivity index (χ3n) is 9.67. The second kappa shape index (κ2) is 10.7. The fourth-order valence-electron chi connectivity index (χ4n) is 7.48. The van der Waals surface area contributed by atoms with Crippen LogP contribution in [-0.2, 0) is 0 Å². The maximum absolute atomic E-state index is 8.85. The predicted molar refractivity (Wildman–Crippen MR) is 207 cm³/mol. The van der Waals surface area contributed by atoms with E-state index in [1.54, 1.807) is 0 Å². The molecule has 11 rings (SSSR count). The molecule has 0 atom stereocenters. The van der Waals surface area contributed by atoms with E-state index >= 15 is 0 Å². The largest absolute Gasteiger partial charge is 0.456 e. The first-order valence-corrected chi connectivity index (χ1v) is 16.6. The SMILES string of the molecule is [2H]c1c([2H])c([2H])c(-c2nc(-c3ccccc3)nc(-n3c4ccccc4c4ccc5c6ccccc6n(-c6ccc7c(c6)oc6ccccc67)c5c43)n2)c([2H])c1[2H]. The molecule has 0 saturated heterocycles. The van der Waals surface area contributed by atoms with Gasteiger partial charge in [0.1, 0.15) is 11.2 Å². The Bertz CT molecular complexity index is 3410. The van der Waals surface area contributed by atoms with Crippen molar-refractivity contribution in [1.82, 2.24) is 24.1 Å². The van der Waals surface area contributed by atoms with Crippen molar-refractivity contribution in [3.63, 3.8) is 0 Å². The van der Waals surface area contributed by atoms with Gasteiger partial charge >= 0.3 is 0 Å². The molecular formula is C45H27N5O. The summed E-state index contributed by atoms with van der Waals surface area (Å²) in [6.07, 6.45) is 0. The summed E-state index contributed by atoms with van der Waals surface area (Å²) in [5, 5.41) is 6.10. The first-order valence-electron chi connectivity index (χ1n) is 19.1. The average molecular weight is 659 g/mol. The van der Waals surface area contributed by atoms with Gasteiger partial charge in [0.2, 0.25) is 5.95 Å². The number of nitrogens with zero attached hydrogens (tertiary/aromatic N) is 5. The number of benzene rings is 7. The monoisotopic (exact) mass is 658 g/mol. The van der Waals surface area contributed by atoms with E-state index in [1.165, 1.54) is 0 Å². The van der Waals surface area contributed by atoms with Crippen LogP contribution in [0.1, 0.15) is 6.85 Å². The Hall–Kier alpha value is -7.05. The van der Waals surface area contributed by atoms with Gasteiger partial charge in [0.15, 0.2) is 11.6 Å². The van der Waals surface area contributed by atoms with E-state index in [-0.39, 0.29) is 17.3 Å². The molecule has 6 heteroatoms. The maximum Gasteiger partial charge on any atom is 0.238 e. The van der Waals surface area contributed by atoms with Crippen LogP contribution in [0.25, 0.3) is 100.0 Å². The molecule has 0 amide bonds. The summed E-state index contributed by atoms with van der Waals surface area (Å²) < 4.78 is 53.5. The number of hydrogen-bond donors (Lipinski definition) is 0. The Morgan fingerprint density at radius 3 is 1.76 bits per heavy atom. The maximum atomic E-state index is 8.85.